The Morgan fingerprint density at radius 1 is 1.00 bits per heavy atom. The van der Waals surface area contributed by atoms with Crippen LogP contribution in [0.2, 0.25) is 5.02 Å². The molecule has 1 heterocycles. The van der Waals surface area contributed by atoms with Gasteiger partial charge in [0.05, 0.1) is 16.1 Å². The Kier molecular flexibility index (Phi) is 7.33. The molecule has 9 heteroatoms. The number of hydrogen-bond donors (Lipinski definition) is 1. The molecule has 2 aromatic carbocycles. The van der Waals surface area contributed by atoms with Crippen molar-refractivity contribution in [3.05, 3.63) is 64.7 Å². The summed E-state index contributed by atoms with van der Waals surface area (Å²) in [5.41, 5.74) is 0.0667. The molecule has 1 atom stereocenters. The van der Waals surface area contributed by atoms with Gasteiger partial charge in [0.15, 0.2) is 0 Å². The topological polar surface area (TPSA) is 52.7 Å². The molecular formula is C23H25ClF3N3O2. The van der Waals surface area contributed by atoms with Gasteiger partial charge in [0.25, 0.3) is 5.91 Å². The van der Waals surface area contributed by atoms with Crippen molar-refractivity contribution in [3.63, 3.8) is 0 Å². The number of hydrogen-bond acceptors (Lipinski definition) is 3. The van der Waals surface area contributed by atoms with E-state index < -0.39 is 23.7 Å². The van der Waals surface area contributed by atoms with Crippen LogP contribution in [0, 0.1) is 5.92 Å². The highest BCUT2D eigenvalue weighted by molar-refractivity contribution is 6.33. The molecule has 5 nitrogen and oxygen atoms in total. The van der Waals surface area contributed by atoms with E-state index in [0.29, 0.717) is 42.5 Å². The third kappa shape index (κ3) is 5.54. The number of carbonyl (C=O) groups is 2. The van der Waals surface area contributed by atoms with Crippen LogP contribution in [-0.4, -0.2) is 48.9 Å². The molecule has 1 aliphatic heterocycles. The fourth-order valence-corrected chi connectivity index (χ4v) is 3.86. The smallest absolute Gasteiger partial charge is 0.368 e. The van der Waals surface area contributed by atoms with Gasteiger partial charge in [0.2, 0.25) is 5.91 Å². The van der Waals surface area contributed by atoms with E-state index in [1.165, 1.54) is 6.07 Å². The molecule has 0 aliphatic carbocycles. The summed E-state index contributed by atoms with van der Waals surface area (Å²) >= 11 is 6.09. The molecule has 1 N–H and O–H groups in total. The monoisotopic (exact) mass is 467 g/mol. The summed E-state index contributed by atoms with van der Waals surface area (Å²) in [6.45, 7) is 5.18. The highest BCUT2D eigenvalue weighted by Crippen LogP contribution is 2.32. The summed E-state index contributed by atoms with van der Waals surface area (Å²) in [4.78, 5) is 29.2. The number of nitrogens with one attached hydrogen (secondary N) is 1. The summed E-state index contributed by atoms with van der Waals surface area (Å²) in [5, 5.41) is 3.09. The molecule has 1 unspecified atom stereocenters. The Hall–Kier alpha value is -2.74. The fourth-order valence-electron chi connectivity index (χ4n) is 3.64. The van der Waals surface area contributed by atoms with Crippen LogP contribution in [-0.2, 0) is 11.0 Å². The van der Waals surface area contributed by atoms with Crippen molar-refractivity contribution in [1.29, 1.82) is 0 Å². The maximum Gasteiger partial charge on any atom is 0.416 e. The summed E-state index contributed by atoms with van der Waals surface area (Å²) in [6.07, 6.45) is -4.40. The average Bonchev–Trinajstić information content (AvgIpc) is 2.76. The van der Waals surface area contributed by atoms with Crippen LogP contribution < -0.4 is 10.2 Å². The summed E-state index contributed by atoms with van der Waals surface area (Å²) in [6, 6.07) is 11.1. The quantitative estimate of drug-likeness (QED) is 0.706. The lowest BCUT2D eigenvalue weighted by Crippen LogP contribution is -2.56. The molecule has 0 radical (unpaired) electrons. The van der Waals surface area contributed by atoms with Crippen LogP contribution in [0.4, 0.5) is 18.9 Å². The van der Waals surface area contributed by atoms with Gasteiger partial charge in [-0.05, 0) is 36.2 Å². The molecule has 1 saturated heterocycles. The number of amides is 2. The van der Waals surface area contributed by atoms with Crippen LogP contribution in [0.1, 0.15) is 29.8 Å². The largest absolute Gasteiger partial charge is 0.416 e. The zero-order valence-corrected chi connectivity index (χ0v) is 18.6. The first-order valence-corrected chi connectivity index (χ1v) is 10.7. The number of carbonyl (C=O) groups excluding carboxylic acids is 2. The third-order valence-corrected chi connectivity index (χ3v) is 5.80. The van der Waals surface area contributed by atoms with E-state index in [4.69, 9.17) is 11.6 Å². The van der Waals surface area contributed by atoms with E-state index in [1.807, 2.05) is 18.7 Å². The Morgan fingerprint density at radius 2 is 1.66 bits per heavy atom. The standard InChI is InChI=1S/C23H25ClF3N3O2/c1-15(2)20(28-21(31)18-8-3-4-9-19(18)24)22(32)30-12-10-29(11-13-30)17-7-5-6-16(14-17)23(25,26)27/h3-9,14-15,20H,10-13H2,1-2H3,(H,28,31). The van der Waals surface area contributed by atoms with Gasteiger partial charge in [-0.15, -0.1) is 0 Å². The number of nitrogens with zero attached hydrogens (tertiary/aromatic N) is 2. The van der Waals surface area contributed by atoms with Gasteiger partial charge < -0.3 is 15.1 Å². The van der Waals surface area contributed by atoms with Crippen molar-refractivity contribution in [2.45, 2.75) is 26.1 Å². The van der Waals surface area contributed by atoms with Crippen molar-refractivity contribution in [1.82, 2.24) is 10.2 Å². The molecule has 2 amide bonds. The van der Waals surface area contributed by atoms with Crippen LogP contribution >= 0.6 is 11.6 Å². The van der Waals surface area contributed by atoms with Gasteiger partial charge in [-0.25, -0.2) is 0 Å². The minimum Gasteiger partial charge on any atom is -0.368 e. The number of piperazine rings is 1. The fraction of sp³-hybridized carbons (Fsp3) is 0.391. The second-order valence-corrected chi connectivity index (χ2v) is 8.44. The van der Waals surface area contributed by atoms with E-state index in [-0.39, 0.29) is 11.8 Å². The molecule has 32 heavy (non-hydrogen) atoms. The summed E-state index contributed by atoms with van der Waals surface area (Å²) in [7, 11) is 0. The molecule has 1 aliphatic rings. The van der Waals surface area contributed by atoms with Gasteiger partial charge in [0.1, 0.15) is 6.04 Å². The van der Waals surface area contributed by atoms with Gasteiger partial charge in [0, 0.05) is 31.9 Å². The lowest BCUT2D eigenvalue weighted by atomic mass is 10.0. The lowest BCUT2D eigenvalue weighted by molar-refractivity contribution is -0.137. The molecule has 2 aromatic rings. The van der Waals surface area contributed by atoms with Gasteiger partial charge in [-0.2, -0.15) is 13.2 Å². The Labute approximate surface area is 190 Å². The number of halogens is 4. The minimum absolute atomic E-state index is 0.157. The first-order valence-electron chi connectivity index (χ1n) is 10.3. The van der Waals surface area contributed by atoms with E-state index in [0.717, 1.165) is 12.1 Å². The number of benzene rings is 2. The minimum atomic E-state index is -4.40. The van der Waals surface area contributed by atoms with E-state index in [9.17, 15) is 22.8 Å². The van der Waals surface area contributed by atoms with Crippen molar-refractivity contribution >= 4 is 29.1 Å². The van der Waals surface area contributed by atoms with Crippen molar-refractivity contribution in [2.75, 3.05) is 31.1 Å². The molecule has 0 aromatic heterocycles. The zero-order valence-electron chi connectivity index (χ0n) is 17.8. The van der Waals surface area contributed by atoms with Crippen LogP contribution in [0.5, 0.6) is 0 Å². The Balaban J connectivity index is 1.65. The van der Waals surface area contributed by atoms with E-state index >= 15 is 0 Å². The highest BCUT2D eigenvalue weighted by atomic mass is 35.5. The predicted molar refractivity (Wildman–Crippen MR) is 118 cm³/mol. The van der Waals surface area contributed by atoms with E-state index in [2.05, 4.69) is 5.32 Å². The number of alkyl halides is 3. The van der Waals surface area contributed by atoms with Crippen LogP contribution in [0.25, 0.3) is 0 Å². The summed E-state index contributed by atoms with van der Waals surface area (Å²) < 4.78 is 39.0. The summed E-state index contributed by atoms with van der Waals surface area (Å²) in [5.74, 6) is -0.801. The SMILES string of the molecule is CC(C)C(NC(=O)c1ccccc1Cl)C(=O)N1CCN(c2cccc(C(F)(F)F)c2)CC1. The molecule has 0 saturated carbocycles. The maximum atomic E-state index is 13.1. The second kappa shape index (κ2) is 9.81. The molecule has 172 valence electrons. The molecule has 0 bridgehead atoms. The number of rotatable bonds is 5. The van der Waals surface area contributed by atoms with Gasteiger partial charge >= 0.3 is 6.18 Å². The van der Waals surface area contributed by atoms with Crippen molar-refractivity contribution in [3.8, 4) is 0 Å². The Morgan fingerprint density at radius 3 is 2.25 bits per heavy atom. The highest BCUT2D eigenvalue weighted by Gasteiger charge is 2.33. The molecule has 1 fully saturated rings. The molecule has 0 spiro atoms. The first kappa shape index (κ1) is 23.9. The molecular weight excluding hydrogens is 443 g/mol. The maximum absolute atomic E-state index is 13.1. The predicted octanol–water partition coefficient (Wildman–Crippen LogP) is 4.46. The van der Waals surface area contributed by atoms with Crippen LogP contribution in [0.15, 0.2) is 48.5 Å². The van der Waals surface area contributed by atoms with Crippen molar-refractivity contribution in [2.24, 2.45) is 5.92 Å². The number of anilines is 1. The van der Waals surface area contributed by atoms with Crippen LogP contribution in [0.3, 0.4) is 0 Å². The lowest BCUT2D eigenvalue weighted by Gasteiger charge is -2.38. The average molecular weight is 468 g/mol. The van der Waals surface area contributed by atoms with Gasteiger partial charge in [-0.1, -0.05) is 43.6 Å². The first-order chi connectivity index (χ1) is 15.1. The van der Waals surface area contributed by atoms with Gasteiger partial charge in [-0.3, -0.25) is 9.59 Å². The van der Waals surface area contributed by atoms with E-state index in [1.54, 1.807) is 35.2 Å². The third-order valence-electron chi connectivity index (χ3n) is 5.47. The normalized spacial score (nSPS) is 15.6. The molecule has 3 rings (SSSR count). The Bertz CT molecular complexity index is 973. The second-order valence-electron chi connectivity index (χ2n) is 8.04. The van der Waals surface area contributed by atoms with Crippen molar-refractivity contribution < 1.29 is 22.8 Å². The zero-order chi connectivity index (χ0) is 23.5.